The van der Waals surface area contributed by atoms with Gasteiger partial charge in [0.2, 0.25) is 5.88 Å². The Morgan fingerprint density at radius 2 is 2.19 bits per heavy atom. The highest BCUT2D eigenvalue weighted by atomic mass is 16.5. The van der Waals surface area contributed by atoms with E-state index < -0.39 is 5.97 Å². The number of nitrogen functional groups attached to an aromatic ring is 1. The average Bonchev–Trinajstić information content (AvgIpc) is 2.49. The average molecular weight is 284 g/mol. The molecule has 1 aliphatic rings. The number of carboxylic acids is 1. The minimum Gasteiger partial charge on any atom is -0.478 e. The van der Waals surface area contributed by atoms with Crippen LogP contribution in [0.2, 0.25) is 0 Å². The van der Waals surface area contributed by atoms with Crippen molar-refractivity contribution in [3.8, 4) is 5.88 Å². The maximum Gasteiger partial charge on any atom is 0.337 e. The van der Waals surface area contributed by atoms with E-state index in [0.29, 0.717) is 5.88 Å². The Bertz CT molecular complexity index is 685. The number of nitrogens with two attached hydrogens (primary N) is 1. The zero-order chi connectivity index (χ0) is 14.8. The predicted octanol–water partition coefficient (Wildman–Crippen LogP) is 2.82. The molecular formula is C16H16N2O3. The third-order valence-electron chi connectivity index (χ3n) is 3.69. The van der Waals surface area contributed by atoms with Crippen LogP contribution in [0.25, 0.3) is 0 Å². The van der Waals surface area contributed by atoms with Crippen LogP contribution < -0.4 is 10.5 Å². The van der Waals surface area contributed by atoms with Crippen molar-refractivity contribution in [2.45, 2.75) is 25.4 Å². The lowest BCUT2D eigenvalue weighted by molar-refractivity contribution is 0.0696. The van der Waals surface area contributed by atoms with Gasteiger partial charge in [-0.3, -0.25) is 0 Å². The lowest BCUT2D eigenvalue weighted by atomic mass is 9.89. The highest BCUT2D eigenvalue weighted by Crippen LogP contribution is 2.34. The monoisotopic (exact) mass is 284 g/mol. The minimum absolute atomic E-state index is 0.0592. The van der Waals surface area contributed by atoms with Crippen LogP contribution >= 0.6 is 0 Å². The van der Waals surface area contributed by atoms with Gasteiger partial charge < -0.3 is 15.6 Å². The molecule has 1 atom stereocenters. The SMILES string of the molecule is Nc1cc(C(=O)O)cnc1OC1CCCc2ccccc21. The Morgan fingerprint density at radius 3 is 2.95 bits per heavy atom. The van der Waals surface area contributed by atoms with Crippen LogP contribution in [-0.4, -0.2) is 16.1 Å². The first-order chi connectivity index (χ1) is 10.1. The summed E-state index contributed by atoms with van der Waals surface area (Å²) in [4.78, 5) is 14.9. The summed E-state index contributed by atoms with van der Waals surface area (Å²) in [5, 5.41) is 8.92. The molecule has 5 nitrogen and oxygen atoms in total. The molecule has 5 heteroatoms. The summed E-state index contributed by atoms with van der Waals surface area (Å²) in [6, 6.07) is 9.55. The molecule has 3 N–H and O–H groups in total. The van der Waals surface area contributed by atoms with E-state index in [-0.39, 0.29) is 17.4 Å². The molecule has 0 aliphatic heterocycles. The molecule has 3 rings (SSSR count). The normalized spacial score (nSPS) is 17.0. The summed E-state index contributed by atoms with van der Waals surface area (Å²) in [5.74, 6) is -0.759. The van der Waals surface area contributed by atoms with Crippen LogP contribution in [-0.2, 0) is 6.42 Å². The number of pyridine rings is 1. The lowest BCUT2D eigenvalue weighted by Crippen LogP contribution is -2.16. The van der Waals surface area contributed by atoms with Gasteiger partial charge in [-0.05, 0) is 36.5 Å². The highest BCUT2D eigenvalue weighted by Gasteiger charge is 2.22. The van der Waals surface area contributed by atoms with Crippen molar-refractivity contribution in [1.82, 2.24) is 4.98 Å². The molecule has 0 amide bonds. The van der Waals surface area contributed by atoms with E-state index in [1.54, 1.807) is 0 Å². The fourth-order valence-electron chi connectivity index (χ4n) is 2.65. The number of carboxylic acid groups (broad SMARTS) is 1. The van der Waals surface area contributed by atoms with E-state index in [0.717, 1.165) is 24.8 Å². The van der Waals surface area contributed by atoms with Gasteiger partial charge in [-0.1, -0.05) is 24.3 Å². The van der Waals surface area contributed by atoms with Crippen LogP contribution in [0, 0.1) is 0 Å². The number of aryl methyl sites for hydroxylation is 1. The molecular weight excluding hydrogens is 268 g/mol. The molecule has 1 heterocycles. The zero-order valence-electron chi connectivity index (χ0n) is 11.5. The maximum atomic E-state index is 10.9. The number of nitrogens with zero attached hydrogens (tertiary/aromatic N) is 1. The van der Waals surface area contributed by atoms with Crippen molar-refractivity contribution >= 4 is 11.7 Å². The second-order valence-electron chi connectivity index (χ2n) is 5.12. The number of ether oxygens (including phenoxy) is 1. The number of benzene rings is 1. The molecule has 0 saturated carbocycles. The summed E-state index contributed by atoms with van der Waals surface area (Å²) in [7, 11) is 0. The molecule has 1 aromatic heterocycles. The van der Waals surface area contributed by atoms with E-state index in [4.69, 9.17) is 15.6 Å². The largest absolute Gasteiger partial charge is 0.478 e. The number of fused-ring (bicyclic) bond motifs is 1. The van der Waals surface area contributed by atoms with Gasteiger partial charge in [0.05, 0.1) is 11.3 Å². The van der Waals surface area contributed by atoms with E-state index in [1.165, 1.54) is 17.8 Å². The summed E-state index contributed by atoms with van der Waals surface area (Å²) in [5.41, 5.74) is 8.60. The predicted molar refractivity (Wildman–Crippen MR) is 78.4 cm³/mol. The summed E-state index contributed by atoms with van der Waals surface area (Å²) < 4.78 is 5.92. The first-order valence-electron chi connectivity index (χ1n) is 6.88. The molecule has 0 spiro atoms. The molecule has 0 saturated heterocycles. The van der Waals surface area contributed by atoms with Crippen molar-refractivity contribution in [2.24, 2.45) is 0 Å². The number of rotatable bonds is 3. The number of aromatic nitrogens is 1. The molecule has 0 fully saturated rings. The van der Waals surface area contributed by atoms with E-state index >= 15 is 0 Å². The second kappa shape index (κ2) is 5.44. The standard InChI is InChI=1S/C16H16N2O3/c17-13-8-11(16(19)20)9-18-15(13)21-14-7-3-5-10-4-1-2-6-12(10)14/h1-2,4,6,8-9,14H,3,5,7,17H2,(H,19,20). The van der Waals surface area contributed by atoms with Crippen molar-refractivity contribution < 1.29 is 14.6 Å². The molecule has 1 unspecified atom stereocenters. The molecule has 108 valence electrons. The van der Waals surface area contributed by atoms with E-state index in [2.05, 4.69) is 17.1 Å². The zero-order valence-corrected chi connectivity index (χ0v) is 11.5. The Morgan fingerprint density at radius 1 is 1.38 bits per heavy atom. The summed E-state index contributed by atoms with van der Waals surface area (Å²) >= 11 is 0. The number of anilines is 1. The van der Waals surface area contributed by atoms with Crippen LogP contribution in [0.1, 0.15) is 40.4 Å². The van der Waals surface area contributed by atoms with Gasteiger partial charge in [-0.25, -0.2) is 9.78 Å². The van der Waals surface area contributed by atoms with Crippen molar-refractivity contribution in [2.75, 3.05) is 5.73 Å². The van der Waals surface area contributed by atoms with Crippen LogP contribution in [0.15, 0.2) is 36.5 Å². The second-order valence-corrected chi connectivity index (χ2v) is 5.12. The maximum absolute atomic E-state index is 10.9. The summed E-state index contributed by atoms with van der Waals surface area (Å²) in [6.45, 7) is 0. The van der Waals surface area contributed by atoms with Gasteiger partial charge in [-0.2, -0.15) is 0 Å². The molecule has 2 aromatic rings. The third-order valence-corrected chi connectivity index (χ3v) is 3.69. The number of carbonyl (C=O) groups is 1. The molecule has 1 aliphatic carbocycles. The van der Waals surface area contributed by atoms with Gasteiger partial charge in [0.25, 0.3) is 0 Å². The molecule has 0 bridgehead atoms. The van der Waals surface area contributed by atoms with Crippen molar-refractivity contribution in [3.05, 3.63) is 53.2 Å². The van der Waals surface area contributed by atoms with Crippen LogP contribution in [0.4, 0.5) is 5.69 Å². The number of hydrogen-bond donors (Lipinski definition) is 2. The molecule has 21 heavy (non-hydrogen) atoms. The quantitative estimate of drug-likeness (QED) is 0.905. The van der Waals surface area contributed by atoms with Crippen molar-refractivity contribution in [3.63, 3.8) is 0 Å². The number of hydrogen-bond acceptors (Lipinski definition) is 4. The van der Waals surface area contributed by atoms with Gasteiger partial charge in [0.15, 0.2) is 0 Å². The Hall–Kier alpha value is -2.56. The van der Waals surface area contributed by atoms with Gasteiger partial charge in [-0.15, -0.1) is 0 Å². The topological polar surface area (TPSA) is 85.4 Å². The Kier molecular flexibility index (Phi) is 3.48. The minimum atomic E-state index is -1.05. The molecule has 0 radical (unpaired) electrons. The molecule has 1 aromatic carbocycles. The van der Waals surface area contributed by atoms with Gasteiger partial charge in [0.1, 0.15) is 6.10 Å². The van der Waals surface area contributed by atoms with Crippen LogP contribution in [0.3, 0.4) is 0 Å². The Labute approximate surface area is 122 Å². The highest BCUT2D eigenvalue weighted by molar-refractivity contribution is 5.88. The first kappa shape index (κ1) is 13.4. The van der Waals surface area contributed by atoms with Gasteiger partial charge in [0, 0.05) is 6.20 Å². The fourth-order valence-corrected chi connectivity index (χ4v) is 2.65. The fraction of sp³-hybridized carbons (Fsp3) is 0.250. The third kappa shape index (κ3) is 2.67. The summed E-state index contributed by atoms with van der Waals surface area (Å²) in [6.07, 6.45) is 4.19. The lowest BCUT2D eigenvalue weighted by Gasteiger charge is -2.26. The van der Waals surface area contributed by atoms with Crippen molar-refractivity contribution in [1.29, 1.82) is 0 Å². The first-order valence-corrected chi connectivity index (χ1v) is 6.88. The van der Waals surface area contributed by atoms with Gasteiger partial charge >= 0.3 is 5.97 Å². The number of aromatic carboxylic acids is 1. The van der Waals surface area contributed by atoms with E-state index in [9.17, 15) is 4.79 Å². The Balaban J connectivity index is 1.86. The van der Waals surface area contributed by atoms with E-state index in [1.807, 2.05) is 12.1 Å². The van der Waals surface area contributed by atoms with Crippen LogP contribution in [0.5, 0.6) is 5.88 Å². The smallest absolute Gasteiger partial charge is 0.337 e.